The fraction of sp³-hybridized carbons (Fsp3) is 0.250. The fourth-order valence-corrected chi connectivity index (χ4v) is 0.955. The predicted octanol–water partition coefficient (Wildman–Crippen LogP) is -0.626. The van der Waals surface area contributed by atoms with Gasteiger partial charge >= 0.3 is 5.69 Å². The van der Waals surface area contributed by atoms with Crippen LogP contribution in [0, 0.1) is 19.2 Å². The number of aryl methyl sites for hydroxylation is 1. The Bertz CT molecular complexity index is 328. The van der Waals surface area contributed by atoms with Crippen molar-refractivity contribution in [1.82, 2.24) is 0 Å². The van der Waals surface area contributed by atoms with Gasteiger partial charge < -0.3 is 18.1 Å². The van der Waals surface area contributed by atoms with Gasteiger partial charge in [-0.05, 0) is 25.5 Å². The summed E-state index contributed by atoms with van der Waals surface area (Å²) in [5.74, 6) is 0. The SMILES string of the molecule is Cc1ccc(N)c([N+]#N)c1C.[Cl-]. The molecule has 3 nitrogen and oxygen atoms in total. The average molecular weight is 184 g/mol. The number of rotatable bonds is 0. The van der Waals surface area contributed by atoms with Crippen LogP contribution in [0.3, 0.4) is 0 Å². The maximum atomic E-state index is 8.57. The molecule has 0 unspecified atom stereocenters. The maximum absolute atomic E-state index is 8.57. The van der Waals surface area contributed by atoms with Gasteiger partial charge in [0.1, 0.15) is 5.69 Å². The van der Waals surface area contributed by atoms with Gasteiger partial charge in [-0.2, -0.15) is 0 Å². The molecule has 0 radical (unpaired) electrons. The van der Waals surface area contributed by atoms with Gasteiger partial charge in [-0.25, -0.2) is 0 Å². The molecule has 0 aromatic heterocycles. The number of nitrogens with two attached hydrogens (primary N) is 1. The van der Waals surface area contributed by atoms with Crippen molar-refractivity contribution >= 4 is 11.4 Å². The van der Waals surface area contributed by atoms with Gasteiger partial charge in [0.15, 0.2) is 4.98 Å². The van der Waals surface area contributed by atoms with Gasteiger partial charge in [0.25, 0.3) is 0 Å². The van der Waals surface area contributed by atoms with Crippen LogP contribution in [0.5, 0.6) is 0 Å². The normalized spacial score (nSPS) is 8.42. The summed E-state index contributed by atoms with van der Waals surface area (Å²) in [5.41, 5.74) is 8.53. The van der Waals surface area contributed by atoms with Crippen molar-refractivity contribution in [3.05, 3.63) is 28.2 Å². The molecule has 2 N–H and O–H groups in total. The second-order valence-corrected chi connectivity index (χ2v) is 2.55. The Morgan fingerprint density at radius 2 is 1.92 bits per heavy atom. The quantitative estimate of drug-likeness (QED) is 0.430. The lowest BCUT2D eigenvalue weighted by Crippen LogP contribution is -3.00. The Kier molecular flexibility index (Phi) is 3.52. The third-order valence-corrected chi connectivity index (χ3v) is 1.83. The van der Waals surface area contributed by atoms with Gasteiger partial charge in [-0.15, -0.1) is 0 Å². The molecular formula is C8H10ClN3. The minimum absolute atomic E-state index is 0. The first-order valence-corrected chi connectivity index (χ1v) is 3.37. The Hall–Kier alpha value is -1.27. The molecule has 1 rings (SSSR count). The number of anilines is 1. The van der Waals surface area contributed by atoms with Crippen LogP contribution in [0.4, 0.5) is 11.4 Å². The van der Waals surface area contributed by atoms with Crippen molar-refractivity contribution in [2.75, 3.05) is 5.73 Å². The Labute approximate surface area is 77.6 Å². The van der Waals surface area contributed by atoms with Crippen molar-refractivity contribution < 1.29 is 12.4 Å². The number of diazo groups is 1. The summed E-state index contributed by atoms with van der Waals surface area (Å²) in [6.07, 6.45) is 0. The van der Waals surface area contributed by atoms with Crippen LogP contribution in [-0.2, 0) is 0 Å². The summed E-state index contributed by atoms with van der Waals surface area (Å²) in [4.78, 5) is 3.11. The monoisotopic (exact) mass is 183 g/mol. The van der Waals surface area contributed by atoms with E-state index in [1.54, 1.807) is 6.07 Å². The van der Waals surface area contributed by atoms with Crippen LogP contribution >= 0.6 is 0 Å². The third-order valence-electron chi connectivity index (χ3n) is 1.83. The number of nitrogens with zero attached hydrogens (tertiary/aromatic N) is 2. The van der Waals surface area contributed by atoms with E-state index in [2.05, 4.69) is 4.98 Å². The van der Waals surface area contributed by atoms with Crippen molar-refractivity contribution in [3.8, 4) is 0 Å². The second kappa shape index (κ2) is 3.93. The van der Waals surface area contributed by atoms with Crippen molar-refractivity contribution in [3.63, 3.8) is 0 Å². The lowest BCUT2D eigenvalue weighted by molar-refractivity contribution is -0.00000264. The van der Waals surface area contributed by atoms with E-state index in [4.69, 9.17) is 11.1 Å². The van der Waals surface area contributed by atoms with Crippen molar-refractivity contribution in [1.29, 1.82) is 5.39 Å². The van der Waals surface area contributed by atoms with Gasteiger partial charge in [0, 0.05) is 5.56 Å². The summed E-state index contributed by atoms with van der Waals surface area (Å²) in [6, 6.07) is 3.64. The zero-order valence-electron chi connectivity index (χ0n) is 7.00. The smallest absolute Gasteiger partial charge is 0.410 e. The molecule has 0 spiro atoms. The van der Waals surface area contributed by atoms with E-state index in [0.717, 1.165) is 11.1 Å². The molecule has 0 saturated heterocycles. The standard InChI is InChI=1S/C8H10N3.ClH/c1-5-3-4-7(9)8(11-10)6(5)2;/h3-4H,9H2,1-2H3;1H/q+1;/p-1. The highest BCUT2D eigenvalue weighted by atomic mass is 35.5. The predicted molar refractivity (Wildman–Crippen MR) is 45.1 cm³/mol. The van der Waals surface area contributed by atoms with E-state index in [-0.39, 0.29) is 12.4 Å². The van der Waals surface area contributed by atoms with E-state index >= 15 is 0 Å². The summed E-state index contributed by atoms with van der Waals surface area (Å²) < 4.78 is 0. The number of nitrogen functional groups attached to an aromatic ring is 1. The molecule has 1 aromatic rings. The van der Waals surface area contributed by atoms with Crippen molar-refractivity contribution in [2.24, 2.45) is 0 Å². The van der Waals surface area contributed by atoms with E-state index in [1.165, 1.54) is 0 Å². The van der Waals surface area contributed by atoms with Crippen LogP contribution in [0.25, 0.3) is 4.98 Å². The number of hydrogen-bond donors (Lipinski definition) is 1. The lowest BCUT2D eigenvalue weighted by atomic mass is 10.1. The summed E-state index contributed by atoms with van der Waals surface area (Å²) >= 11 is 0. The molecule has 12 heavy (non-hydrogen) atoms. The van der Waals surface area contributed by atoms with E-state index in [0.29, 0.717) is 11.4 Å². The zero-order valence-corrected chi connectivity index (χ0v) is 7.76. The first kappa shape index (κ1) is 10.7. The van der Waals surface area contributed by atoms with Gasteiger partial charge in [0.2, 0.25) is 5.39 Å². The summed E-state index contributed by atoms with van der Waals surface area (Å²) in [6.45, 7) is 3.82. The fourth-order valence-electron chi connectivity index (χ4n) is 0.955. The molecule has 1 aromatic carbocycles. The van der Waals surface area contributed by atoms with E-state index in [9.17, 15) is 0 Å². The molecule has 0 fully saturated rings. The summed E-state index contributed by atoms with van der Waals surface area (Å²) in [7, 11) is 0. The van der Waals surface area contributed by atoms with Crippen LogP contribution in [0.2, 0.25) is 0 Å². The maximum Gasteiger partial charge on any atom is 0.410 e. The molecule has 0 bridgehead atoms. The molecule has 4 heteroatoms. The first-order chi connectivity index (χ1) is 5.16. The van der Waals surface area contributed by atoms with Gasteiger partial charge in [0.05, 0.1) is 0 Å². The molecule has 0 atom stereocenters. The highest BCUT2D eigenvalue weighted by Gasteiger charge is 2.15. The molecule has 0 heterocycles. The van der Waals surface area contributed by atoms with E-state index < -0.39 is 0 Å². The van der Waals surface area contributed by atoms with Crippen LogP contribution in [-0.4, -0.2) is 0 Å². The Balaban J connectivity index is 0.00000121. The van der Waals surface area contributed by atoms with Crippen molar-refractivity contribution in [2.45, 2.75) is 13.8 Å². The molecular weight excluding hydrogens is 174 g/mol. The van der Waals surface area contributed by atoms with Crippen LogP contribution in [0.15, 0.2) is 12.1 Å². The number of hydrogen-bond acceptors (Lipinski definition) is 2. The number of halogens is 1. The highest BCUT2D eigenvalue weighted by Crippen LogP contribution is 2.28. The minimum atomic E-state index is 0. The molecule has 0 aliphatic rings. The lowest BCUT2D eigenvalue weighted by Gasteiger charge is -1.95. The van der Waals surface area contributed by atoms with Gasteiger partial charge in [-0.3, -0.25) is 0 Å². The van der Waals surface area contributed by atoms with Crippen LogP contribution < -0.4 is 18.1 Å². The first-order valence-electron chi connectivity index (χ1n) is 3.37. The number of benzene rings is 1. The average Bonchev–Trinajstić information content (AvgIpc) is 1.99. The minimum Gasteiger partial charge on any atom is -1.00 e. The van der Waals surface area contributed by atoms with Crippen LogP contribution in [0.1, 0.15) is 11.1 Å². The topological polar surface area (TPSA) is 54.2 Å². The van der Waals surface area contributed by atoms with Gasteiger partial charge in [-0.1, -0.05) is 6.07 Å². The Morgan fingerprint density at radius 1 is 1.33 bits per heavy atom. The zero-order chi connectivity index (χ0) is 8.43. The largest absolute Gasteiger partial charge is 1.00 e. The second-order valence-electron chi connectivity index (χ2n) is 2.55. The molecule has 0 saturated carbocycles. The summed E-state index contributed by atoms with van der Waals surface area (Å²) in [5, 5.41) is 8.57. The van der Waals surface area contributed by atoms with E-state index in [1.807, 2.05) is 19.9 Å². The molecule has 0 aliphatic heterocycles. The third kappa shape index (κ3) is 1.66. The molecule has 0 aliphatic carbocycles. The highest BCUT2D eigenvalue weighted by molar-refractivity contribution is 5.71. The molecule has 0 amide bonds. The molecule has 64 valence electrons. The Morgan fingerprint density at radius 3 is 2.33 bits per heavy atom.